The third kappa shape index (κ3) is 5.71. The molecule has 0 saturated heterocycles. The zero-order chi connectivity index (χ0) is 18.5. The lowest BCUT2D eigenvalue weighted by Crippen LogP contribution is -2.29. The highest BCUT2D eigenvalue weighted by atomic mass is 32.2. The van der Waals surface area contributed by atoms with Crippen molar-refractivity contribution in [3.05, 3.63) is 29.6 Å². The van der Waals surface area contributed by atoms with Crippen LogP contribution in [0.15, 0.2) is 22.7 Å². The summed E-state index contributed by atoms with van der Waals surface area (Å²) in [5.41, 5.74) is -0.740. The Morgan fingerprint density at radius 1 is 1.50 bits per heavy atom. The second-order valence-corrected chi connectivity index (χ2v) is 7.72. The van der Waals surface area contributed by atoms with Crippen LogP contribution in [0.5, 0.6) is 0 Å². The van der Waals surface area contributed by atoms with E-state index in [-0.39, 0.29) is 11.7 Å². The number of hydrogen-bond donors (Lipinski definition) is 1. The molecule has 0 radical (unpaired) electrons. The number of aromatic nitrogens is 1. The molecule has 0 aliphatic rings. The number of carbonyl (C=O) groups excluding carboxylic acids is 1. The van der Waals surface area contributed by atoms with Crippen LogP contribution in [0, 0.1) is 0 Å². The standard InChI is InChI=1S/C13H16F3N3O3S2/c1-4-22-12(20)18-11(23)19-24(3,21)8(2)9-5-6-10(17-7-9)13(14,15)16/h5-8H,4H2,1-3H3,(H,18,20,23). The lowest BCUT2D eigenvalue weighted by molar-refractivity contribution is -0.141. The van der Waals surface area contributed by atoms with E-state index in [9.17, 15) is 22.2 Å². The fourth-order valence-electron chi connectivity index (χ4n) is 1.59. The molecule has 0 aliphatic carbocycles. The maximum atomic E-state index is 12.6. The molecule has 1 N–H and O–H groups in total. The van der Waals surface area contributed by atoms with Gasteiger partial charge in [0.2, 0.25) is 5.11 Å². The van der Waals surface area contributed by atoms with E-state index in [1.165, 1.54) is 19.2 Å². The molecule has 1 aromatic heterocycles. The molecule has 0 aromatic carbocycles. The summed E-state index contributed by atoms with van der Waals surface area (Å²) in [5, 5.41) is 1.05. The number of amides is 1. The molecule has 0 aliphatic heterocycles. The van der Waals surface area contributed by atoms with Gasteiger partial charge in [0, 0.05) is 12.5 Å². The van der Waals surface area contributed by atoms with E-state index < -0.39 is 32.9 Å². The number of halogens is 3. The molecule has 0 bridgehead atoms. The number of nitrogens with zero attached hydrogens (tertiary/aromatic N) is 2. The minimum atomic E-state index is -4.55. The zero-order valence-corrected chi connectivity index (χ0v) is 14.7. The molecule has 1 amide bonds. The van der Waals surface area contributed by atoms with E-state index in [0.717, 1.165) is 12.3 Å². The second kappa shape index (κ2) is 7.88. The van der Waals surface area contributed by atoms with Crippen molar-refractivity contribution in [2.24, 2.45) is 4.36 Å². The molecule has 1 heterocycles. The van der Waals surface area contributed by atoms with Crippen molar-refractivity contribution in [1.82, 2.24) is 10.3 Å². The van der Waals surface area contributed by atoms with Crippen LogP contribution in [0.1, 0.15) is 30.4 Å². The van der Waals surface area contributed by atoms with Crippen LogP contribution >= 0.6 is 12.2 Å². The largest absolute Gasteiger partial charge is 0.450 e. The summed E-state index contributed by atoms with van der Waals surface area (Å²) >= 11 is 4.81. The van der Waals surface area contributed by atoms with Crippen molar-refractivity contribution in [1.29, 1.82) is 0 Å². The Bertz CT molecular complexity index is 726. The summed E-state index contributed by atoms with van der Waals surface area (Å²) in [6.07, 6.45) is -3.10. The average Bonchev–Trinajstić information content (AvgIpc) is 2.45. The van der Waals surface area contributed by atoms with Crippen molar-refractivity contribution in [3.8, 4) is 0 Å². The summed E-state index contributed by atoms with van der Waals surface area (Å²) in [4.78, 5) is 14.5. The summed E-state index contributed by atoms with van der Waals surface area (Å²) < 4.78 is 58.5. The van der Waals surface area contributed by atoms with E-state index in [1.807, 2.05) is 0 Å². The number of thiocarbonyl (C=S) groups is 1. The first-order chi connectivity index (χ1) is 11.0. The number of ether oxygens (including phenoxy) is 1. The molecule has 2 unspecified atom stereocenters. The van der Waals surface area contributed by atoms with Gasteiger partial charge in [-0.3, -0.25) is 10.3 Å². The number of pyridine rings is 1. The third-order valence-corrected chi connectivity index (χ3v) is 5.39. The molecule has 1 rings (SSSR count). The average molecular weight is 383 g/mol. The predicted molar refractivity (Wildman–Crippen MR) is 86.9 cm³/mol. The maximum Gasteiger partial charge on any atom is 0.433 e. The van der Waals surface area contributed by atoms with Crippen LogP contribution < -0.4 is 5.32 Å². The first-order valence-electron chi connectivity index (χ1n) is 6.69. The normalized spacial score (nSPS) is 15.1. The first kappa shape index (κ1) is 20.3. The zero-order valence-electron chi connectivity index (χ0n) is 13.1. The summed E-state index contributed by atoms with van der Waals surface area (Å²) in [6.45, 7) is 3.25. The van der Waals surface area contributed by atoms with E-state index in [0.29, 0.717) is 5.56 Å². The highest BCUT2D eigenvalue weighted by molar-refractivity contribution is 7.94. The summed E-state index contributed by atoms with van der Waals surface area (Å²) in [6, 6.07) is 1.98. The number of nitrogens with one attached hydrogen (secondary N) is 1. The van der Waals surface area contributed by atoms with Crippen LogP contribution in [0.4, 0.5) is 18.0 Å². The smallest absolute Gasteiger partial charge is 0.433 e. The highest BCUT2D eigenvalue weighted by Gasteiger charge is 2.32. The van der Waals surface area contributed by atoms with Crippen LogP contribution in [0.2, 0.25) is 0 Å². The van der Waals surface area contributed by atoms with Crippen LogP contribution in [-0.2, 0) is 20.6 Å². The van der Waals surface area contributed by atoms with E-state index in [1.54, 1.807) is 6.92 Å². The summed E-state index contributed by atoms with van der Waals surface area (Å²) in [5.74, 6) is 0. The Labute approximate surface area is 143 Å². The van der Waals surface area contributed by atoms with Gasteiger partial charge in [-0.25, -0.2) is 9.00 Å². The fraction of sp³-hybridized carbons (Fsp3) is 0.462. The van der Waals surface area contributed by atoms with Crippen molar-refractivity contribution in [2.75, 3.05) is 12.9 Å². The topological polar surface area (TPSA) is 80.6 Å². The first-order valence-corrected chi connectivity index (χ1v) is 9.08. The van der Waals surface area contributed by atoms with E-state index in [2.05, 4.69) is 19.4 Å². The number of hydrogen-bond acceptors (Lipinski definition) is 5. The number of alkyl halides is 3. The van der Waals surface area contributed by atoms with Crippen LogP contribution in [0.3, 0.4) is 0 Å². The summed E-state index contributed by atoms with van der Waals surface area (Å²) in [7, 11) is -2.98. The minimum absolute atomic E-state index is 0.129. The number of carbonyl (C=O) groups is 1. The third-order valence-electron chi connectivity index (χ3n) is 2.95. The minimum Gasteiger partial charge on any atom is -0.450 e. The second-order valence-electron chi connectivity index (χ2n) is 4.72. The van der Waals surface area contributed by atoms with Crippen LogP contribution in [-0.4, -0.2) is 33.3 Å². The molecule has 6 nitrogen and oxygen atoms in total. The van der Waals surface area contributed by atoms with Gasteiger partial charge < -0.3 is 4.74 Å². The van der Waals surface area contributed by atoms with Gasteiger partial charge in [-0.15, -0.1) is 0 Å². The Morgan fingerprint density at radius 2 is 2.12 bits per heavy atom. The number of alkyl carbamates (subject to hydrolysis) is 1. The van der Waals surface area contributed by atoms with Crippen molar-refractivity contribution >= 4 is 33.2 Å². The maximum absolute atomic E-state index is 12.6. The van der Waals surface area contributed by atoms with Crippen molar-refractivity contribution < 1.29 is 26.9 Å². The lowest BCUT2D eigenvalue weighted by atomic mass is 10.2. The fourth-order valence-corrected chi connectivity index (χ4v) is 3.29. The Kier molecular flexibility index (Phi) is 6.67. The lowest BCUT2D eigenvalue weighted by Gasteiger charge is -2.15. The van der Waals surface area contributed by atoms with Gasteiger partial charge in [0.05, 0.1) is 21.6 Å². The van der Waals surface area contributed by atoms with Gasteiger partial charge >= 0.3 is 12.3 Å². The Morgan fingerprint density at radius 3 is 2.58 bits per heavy atom. The molecule has 1 aromatic rings. The van der Waals surface area contributed by atoms with E-state index in [4.69, 9.17) is 12.2 Å². The van der Waals surface area contributed by atoms with Gasteiger partial charge in [0.15, 0.2) is 0 Å². The highest BCUT2D eigenvalue weighted by Crippen LogP contribution is 2.29. The number of rotatable bonds is 3. The van der Waals surface area contributed by atoms with Gasteiger partial charge in [0.25, 0.3) is 0 Å². The van der Waals surface area contributed by atoms with Gasteiger partial charge in [-0.05, 0) is 37.7 Å². The molecule has 2 atom stereocenters. The van der Waals surface area contributed by atoms with Crippen molar-refractivity contribution in [3.63, 3.8) is 0 Å². The molecular weight excluding hydrogens is 367 g/mol. The van der Waals surface area contributed by atoms with E-state index >= 15 is 0 Å². The monoisotopic (exact) mass is 383 g/mol. The van der Waals surface area contributed by atoms with Gasteiger partial charge in [0.1, 0.15) is 5.69 Å². The molecule has 0 spiro atoms. The molecule has 0 fully saturated rings. The molecule has 11 heteroatoms. The molecule has 24 heavy (non-hydrogen) atoms. The molecule has 0 saturated carbocycles. The molecular formula is C13H16F3N3O3S2. The predicted octanol–water partition coefficient (Wildman–Crippen LogP) is 3.29. The SMILES string of the molecule is CCOC(=O)NC(=S)N=S(C)(=O)C(C)c1ccc(C(F)(F)F)nc1. The van der Waals surface area contributed by atoms with Gasteiger partial charge in [-0.1, -0.05) is 6.07 Å². The van der Waals surface area contributed by atoms with Crippen molar-refractivity contribution in [2.45, 2.75) is 25.3 Å². The Balaban J connectivity index is 2.97. The Hall–Kier alpha value is -1.75. The molecule has 134 valence electrons. The van der Waals surface area contributed by atoms with Gasteiger partial charge in [-0.2, -0.15) is 17.5 Å². The van der Waals surface area contributed by atoms with Crippen LogP contribution in [0.25, 0.3) is 0 Å². The quantitative estimate of drug-likeness (QED) is 0.810.